The third-order valence-corrected chi connectivity index (χ3v) is 5.36. The highest BCUT2D eigenvalue weighted by molar-refractivity contribution is 8.00. The monoisotopic (exact) mass is 374 g/mol. The number of anilines is 1. The van der Waals surface area contributed by atoms with Crippen LogP contribution in [0.2, 0.25) is 0 Å². The summed E-state index contributed by atoms with van der Waals surface area (Å²) in [5.74, 6) is 0.949. The summed E-state index contributed by atoms with van der Waals surface area (Å²) in [5.41, 5.74) is 1.43. The van der Waals surface area contributed by atoms with Gasteiger partial charge in [0.25, 0.3) is 0 Å². The molecule has 1 atom stereocenters. The van der Waals surface area contributed by atoms with Gasteiger partial charge in [0.2, 0.25) is 5.91 Å². The number of hydrogen-bond acceptors (Lipinski definition) is 5. The van der Waals surface area contributed by atoms with Gasteiger partial charge >= 0.3 is 0 Å². The number of benzene rings is 1. The van der Waals surface area contributed by atoms with Crippen LogP contribution in [0.1, 0.15) is 19.1 Å². The zero-order valence-electron chi connectivity index (χ0n) is 14.7. The molecule has 2 aromatic heterocycles. The molecule has 1 N–H and O–H groups in total. The topological polar surface area (TPSA) is 73.0 Å². The first kappa shape index (κ1) is 18.2. The highest BCUT2D eigenvalue weighted by Crippen LogP contribution is 2.29. The van der Waals surface area contributed by atoms with E-state index in [0.29, 0.717) is 23.1 Å². The van der Waals surface area contributed by atoms with E-state index in [1.807, 2.05) is 31.5 Å². The van der Waals surface area contributed by atoms with E-state index in [9.17, 15) is 9.18 Å². The largest absolute Gasteiger partial charge is 0.469 e. The summed E-state index contributed by atoms with van der Waals surface area (Å²) in [6.45, 7) is 3.79. The quantitative estimate of drug-likeness (QED) is 0.660. The molecule has 0 aliphatic carbocycles. The first-order valence-corrected chi connectivity index (χ1v) is 9.04. The van der Waals surface area contributed by atoms with E-state index in [0.717, 1.165) is 11.3 Å². The van der Waals surface area contributed by atoms with Crippen LogP contribution in [0.25, 0.3) is 11.4 Å². The Labute approximate surface area is 154 Å². The average Bonchev–Trinajstić information content (AvgIpc) is 3.20. The Morgan fingerprint density at radius 3 is 2.65 bits per heavy atom. The molecule has 6 nitrogen and oxygen atoms in total. The first-order valence-electron chi connectivity index (χ1n) is 8.16. The van der Waals surface area contributed by atoms with Crippen LogP contribution in [0.5, 0.6) is 0 Å². The van der Waals surface area contributed by atoms with E-state index in [1.165, 1.54) is 36.0 Å². The van der Waals surface area contributed by atoms with E-state index < -0.39 is 0 Å². The third kappa shape index (κ3) is 3.80. The van der Waals surface area contributed by atoms with Crippen LogP contribution in [-0.4, -0.2) is 25.9 Å². The molecule has 0 radical (unpaired) electrons. The molecule has 0 saturated heterocycles. The van der Waals surface area contributed by atoms with Crippen LogP contribution in [0, 0.1) is 12.7 Å². The Bertz CT molecular complexity index is 904. The van der Waals surface area contributed by atoms with Gasteiger partial charge in [-0.1, -0.05) is 18.7 Å². The summed E-state index contributed by atoms with van der Waals surface area (Å²) < 4.78 is 20.1. The fraction of sp³-hybridized carbons (Fsp3) is 0.278. The minimum Gasteiger partial charge on any atom is -0.469 e. The molecule has 0 bridgehead atoms. The summed E-state index contributed by atoms with van der Waals surface area (Å²) in [5, 5.41) is 11.5. The van der Waals surface area contributed by atoms with E-state index in [-0.39, 0.29) is 17.0 Å². The molecule has 2 heterocycles. The maximum atomic E-state index is 13.0. The van der Waals surface area contributed by atoms with E-state index in [4.69, 9.17) is 4.42 Å². The lowest BCUT2D eigenvalue weighted by molar-refractivity contribution is -0.115. The molecule has 3 aromatic rings. The predicted molar refractivity (Wildman–Crippen MR) is 98.4 cm³/mol. The number of rotatable bonds is 6. The molecular weight excluding hydrogens is 355 g/mol. The Balaban J connectivity index is 1.74. The third-order valence-electron chi connectivity index (χ3n) is 3.96. The fourth-order valence-electron chi connectivity index (χ4n) is 2.47. The molecule has 136 valence electrons. The lowest BCUT2D eigenvalue weighted by Gasteiger charge is -2.14. The number of nitrogens with zero attached hydrogens (tertiary/aromatic N) is 3. The van der Waals surface area contributed by atoms with Crippen molar-refractivity contribution in [3.05, 3.63) is 48.2 Å². The van der Waals surface area contributed by atoms with Crippen LogP contribution in [-0.2, 0) is 11.8 Å². The van der Waals surface area contributed by atoms with Crippen molar-refractivity contribution in [2.45, 2.75) is 30.7 Å². The van der Waals surface area contributed by atoms with Crippen LogP contribution >= 0.6 is 11.8 Å². The average molecular weight is 374 g/mol. The van der Waals surface area contributed by atoms with Crippen molar-refractivity contribution < 1.29 is 13.6 Å². The number of thioether (sulfide) groups is 1. The summed E-state index contributed by atoms with van der Waals surface area (Å²) in [4.78, 5) is 12.5. The van der Waals surface area contributed by atoms with Crippen LogP contribution < -0.4 is 5.32 Å². The highest BCUT2D eigenvalue weighted by atomic mass is 32.2. The van der Waals surface area contributed by atoms with Gasteiger partial charge in [0.15, 0.2) is 11.0 Å². The second-order valence-electron chi connectivity index (χ2n) is 5.77. The molecule has 0 spiro atoms. The smallest absolute Gasteiger partial charge is 0.237 e. The normalized spacial score (nSPS) is 12.2. The Morgan fingerprint density at radius 1 is 1.31 bits per heavy atom. The number of furan rings is 1. The molecule has 26 heavy (non-hydrogen) atoms. The minimum absolute atomic E-state index is 0.159. The van der Waals surface area contributed by atoms with Crippen molar-refractivity contribution in [2.24, 2.45) is 7.05 Å². The SMILES string of the molecule is CC[C@@H](Sc1nnc(-c2ccoc2C)n1C)C(=O)Nc1ccc(F)cc1. The summed E-state index contributed by atoms with van der Waals surface area (Å²) in [6.07, 6.45) is 2.22. The van der Waals surface area contributed by atoms with Gasteiger partial charge in [-0.25, -0.2) is 4.39 Å². The van der Waals surface area contributed by atoms with Gasteiger partial charge in [0.1, 0.15) is 11.6 Å². The molecule has 1 aromatic carbocycles. The van der Waals surface area contributed by atoms with Crippen molar-refractivity contribution in [3.63, 3.8) is 0 Å². The first-order chi connectivity index (χ1) is 12.5. The van der Waals surface area contributed by atoms with Gasteiger partial charge in [0.05, 0.1) is 17.1 Å². The lowest BCUT2D eigenvalue weighted by Crippen LogP contribution is -2.25. The lowest BCUT2D eigenvalue weighted by atomic mass is 10.2. The molecule has 0 fully saturated rings. The second-order valence-corrected chi connectivity index (χ2v) is 6.94. The number of amides is 1. The van der Waals surface area contributed by atoms with Gasteiger partial charge in [-0.3, -0.25) is 4.79 Å². The molecule has 0 unspecified atom stereocenters. The number of carbonyl (C=O) groups is 1. The maximum absolute atomic E-state index is 13.0. The predicted octanol–water partition coefficient (Wildman–Crippen LogP) is 4.03. The molecule has 1 amide bonds. The molecule has 8 heteroatoms. The van der Waals surface area contributed by atoms with Gasteiger partial charge in [-0.2, -0.15) is 0 Å². The zero-order chi connectivity index (χ0) is 18.7. The van der Waals surface area contributed by atoms with Crippen molar-refractivity contribution in [1.29, 1.82) is 0 Å². The Morgan fingerprint density at radius 2 is 2.04 bits per heavy atom. The van der Waals surface area contributed by atoms with Gasteiger partial charge < -0.3 is 14.3 Å². The molecule has 0 saturated carbocycles. The van der Waals surface area contributed by atoms with Gasteiger partial charge in [-0.15, -0.1) is 10.2 Å². The number of aryl methyl sites for hydroxylation is 1. The van der Waals surface area contributed by atoms with E-state index in [1.54, 1.807) is 6.26 Å². The summed E-state index contributed by atoms with van der Waals surface area (Å²) in [7, 11) is 1.86. The van der Waals surface area contributed by atoms with Gasteiger partial charge in [-0.05, 0) is 43.7 Å². The van der Waals surface area contributed by atoms with Crippen molar-refractivity contribution in [3.8, 4) is 11.4 Å². The molecule has 0 aliphatic rings. The summed E-state index contributed by atoms with van der Waals surface area (Å²) in [6, 6.07) is 7.53. The summed E-state index contributed by atoms with van der Waals surface area (Å²) >= 11 is 1.34. The minimum atomic E-state index is -0.346. The number of carbonyl (C=O) groups excluding carboxylic acids is 1. The van der Waals surface area contributed by atoms with Crippen molar-refractivity contribution in [2.75, 3.05) is 5.32 Å². The van der Waals surface area contributed by atoms with Crippen molar-refractivity contribution >= 4 is 23.4 Å². The molecule has 0 aliphatic heterocycles. The zero-order valence-corrected chi connectivity index (χ0v) is 15.5. The van der Waals surface area contributed by atoms with E-state index >= 15 is 0 Å². The van der Waals surface area contributed by atoms with Gasteiger partial charge in [0, 0.05) is 12.7 Å². The Kier molecular flexibility index (Phi) is 5.41. The standard InChI is InChI=1S/C18H19FN4O2S/c1-4-15(17(24)20-13-7-5-12(19)6-8-13)26-18-22-21-16(23(18)3)14-9-10-25-11(14)2/h5-10,15H,4H2,1-3H3,(H,20,24)/t15-/m1/s1. The number of halogens is 1. The maximum Gasteiger partial charge on any atom is 0.237 e. The highest BCUT2D eigenvalue weighted by Gasteiger charge is 2.22. The number of hydrogen-bond donors (Lipinski definition) is 1. The van der Waals surface area contributed by atoms with Crippen molar-refractivity contribution in [1.82, 2.24) is 14.8 Å². The second kappa shape index (κ2) is 7.74. The molecule has 3 rings (SSSR count). The number of aromatic nitrogens is 3. The van der Waals surface area contributed by atoms with Crippen LogP contribution in [0.3, 0.4) is 0 Å². The van der Waals surface area contributed by atoms with Crippen LogP contribution in [0.15, 0.2) is 46.2 Å². The fourth-order valence-corrected chi connectivity index (χ4v) is 3.39. The molecular formula is C18H19FN4O2S. The number of nitrogens with one attached hydrogen (secondary N) is 1. The Hall–Kier alpha value is -2.61. The van der Waals surface area contributed by atoms with Crippen LogP contribution in [0.4, 0.5) is 10.1 Å². The van der Waals surface area contributed by atoms with E-state index in [2.05, 4.69) is 15.5 Å².